The Kier molecular flexibility index (Phi) is 8.44. The molecule has 0 saturated heterocycles. The zero-order valence-corrected chi connectivity index (χ0v) is 19.8. The Morgan fingerprint density at radius 1 is 0.771 bits per heavy atom. The van der Waals surface area contributed by atoms with Crippen LogP contribution in [0.5, 0.6) is 0 Å². The number of benzene rings is 4. The molecular weight excluding hydrogens is 432 g/mol. The number of hydrogen-bond acceptors (Lipinski definition) is 3. The Morgan fingerprint density at radius 3 is 2.29 bits per heavy atom. The third-order valence-electron chi connectivity index (χ3n) is 6.20. The Balaban J connectivity index is 1.55. The second kappa shape index (κ2) is 12.1. The number of nitrogens with two attached hydrogens (primary N) is 1. The largest absolute Gasteiger partial charge is 0.396 e. The molecule has 1 unspecified atom stereocenters. The number of carbonyl (C=O) groups excluding carboxylic acids is 1. The van der Waals surface area contributed by atoms with Crippen molar-refractivity contribution < 1.29 is 9.90 Å². The van der Waals surface area contributed by atoms with Gasteiger partial charge in [0.1, 0.15) is 0 Å². The molecule has 0 aliphatic rings. The van der Waals surface area contributed by atoms with Gasteiger partial charge in [0, 0.05) is 24.6 Å². The lowest BCUT2D eigenvalue weighted by Gasteiger charge is -2.18. The highest BCUT2D eigenvalue weighted by atomic mass is 16.3. The molecule has 0 saturated carbocycles. The SMILES string of the molecule is NCc1cccc(C(=O)N[C@@H](/C=C/C(CO)Cc2ccccc2)Cc2ccc3ccccc3c2)c1. The van der Waals surface area contributed by atoms with Crippen molar-refractivity contribution in [1.29, 1.82) is 0 Å². The van der Waals surface area contributed by atoms with Crippen LogP contribution in [-0.2, 0) is 19.4 Å². The van der Waals surface area contributed by atoms with Crippen molar-refractivity contribution in [2.45, 2.75) is 25.4 Å². The summed E-state index contributed by atoms with van der Waals surface area (Å²) in [6, 6.07) is 32.0. The first-order chi connectivity index (χ1) is 17.1. The maximum absolute atomic E-state index is 13.1. The molecule has 4 N–H and O–H groups in total. The van der Waals surface area contributed by atoms with Crippen LogP contribution < -0.4 is 11.1 Å². The summed E-state index contributed by atoms with van der Waals surface area (Å²) in [6.45, 7) is 0.430. The molecule has 178 valence electrons. The zero-order valence-electron chi connectivity index (χ0n) is 19.8. The molecule has 0 bridgehead atoms. The Bertz CT molecular complexity index is 1280. The van der Waals surface area contributed by atoms with Crippen molar-refractivity contribution in [3.05, 3.63) is 131 Å². The van der Waals surface area contributed by atoms with E-state index >= 15 is 0 Å². The normalized spacial score (nSPS) is 13.1. The van der Waals surface area contributed by atoms with Crippen LogP contribution in [0.4, 0.5) is 0 Å². The number of aliphatic hydroxyl groups excluding tert-OH is 1. The lowest BCUT2D eigenvalue weighted by molar-refractivity contribution is 0.0944. The number of hydrogen-bond donors (Lipinski definition) is 3. The fraction of sp³-hybridized carbons (Fsp3) is 0.194. The van der Waals surface area contributed by atoms with Crippen molar-refractivity contribution in [1.82, 2.24) is 5.32 Å². The van der Waals surface area contributed by atoms with E-state index in [9.17, 15) is 9.90 Å². The Labute approximate surface area is 207 Å². The van der Waals surface area contributed by atoms with Crippen molar-refractivity contribution in [3.8, 4) is 0 Å². The van der Waals surface area contributed by atoms with Crippen LogP contribution in [0.3, 0.4) is 0 Å². The highest BCUT2D eigenvalue weighted by Gasteiger charge is 2.14. The fourth-order valence-corrected chi connectivity index (χ4v) is 4.28. The summed E-state index contributed by atoms with van der Waals surface area (Å²) in [5.41, 5.74) is 9.58. The zero-order chi connectivity index (χ0) is 24.5. The number of fused-ring (bicyclic) bond motifs is 1. The molecule has 35 heavy (non-hydrogen) atoms. The molecule has 4 aromatic carbocycles. The van der Waals surface area contributed by atoms with Gasteiger partial charge in [-0.1, -0.05) is 97.1 Å². The Morgan fingerprint density at radius 2 is 1.51 bits per heavy atom. The van der Waals surface area contributed by atoms with Crippen LogP contribution in [0.25, 0.3) is 10.8 Å². The van der Waals surface area contributed by atoms with Gasteiger partial charge in [-0.15, -0.1) is 0 Å². The molecular formula is C31H32N2O2. The smallest absolute Gasteiger partial charge is 0.251 e. The van der Waals surface area contributed by atoms with Crippen molar-refractivity contribution in [2.75, 3.05) is 6.61 Å². The summed E-state index contributed by atoms with van der Waals surface area (Å²) in [5, 5.41) is 15.5. The van der Waals surface area contributed by atoms with E-state index in [2.05, 4.69) is 47.8 Å². The van der Waals surface area contributed by atoms with Crippen LogP contribution in [0.15, 0.2) is 109 Å². The lowest BCUT2D eigenvalue weighted by atomic mass is 9.96. The van der Waals surface area contributed by atoms with Gasteiger partial charge in [-0.2, -0.15) is 0 Å². The van der Waals surface area contributed by atoms with Gasteiger partial charge in [-0.3, -0.25) is 4.79 Å². The second-order valence-electron chi connectivity index (χ2n) is 8.89. The van der Waals surface area contributed by atoms with Crippen molar-refractivity contribution in [2.24, 2.45) is 11.7 Å². The summed E-state index contributed by atoms with van der Waals surface area (Å²) < 4.78 is 0. The standard InChI is InChI=1S/C31H32N2O2/c32-21-25-9-6-12-29(19-25)31(35)33-30(16-14-26(22-34)17-23-7-2-1-3-8-23)20-24-13-15-27-10-4-5-11-28(27)18-24/h1-16,18-19,26,30,34H,17,20-22,32H2,(H,33,35)/b16-14+/t26?,30-/m0/s1. The topological polar surface area (TPSA) is 75.4 Å². The third kappa shape index (κ3) is 6.89. The monoisotopic (exact) mass is 464 g/mol. The highest BCUT2D eigenvalue weighted by molar-refractivity contribution is 5.94. The molecule has 0 aliphatic carbocycles. The van der Waals surface area contributed by atoms with Gasteiger partial charge in [0.05, 0.1) is 6.04 Å². The van der Waals surface area contributed by atoms with Gasteiger partial charge >= 0.3 is 0 Å². The first kappa shape index (κ1) is 24.4. The van der Waals surface area contributed by atoms with E-state index in [1.165, 1.54) is 16.3 Å². The first-order valence-corrected chi connectivity index (χ1v) is 12.1. The van der Waals surface area contributed by atoms with Gasteiger partial charge in [-0.05, 0) is 52.4 Å². The number of nitrogens with one attached hydrogen (secondary N) is 1. The van der Waals surface area contributed by atoms with Crippen LogP contribution in [-0.4, -0.2) is 23.7 Å². The van der Waals surface area contributed by atoms with Crippen LogP contribution >= 0.6 is 0 Å². The van der Waals surface area contributed by atoms with Crippen LogP contribution in [0, 0.1) is 5.92 Å². The second-order valence-corrected chi connectivity index (χ2v) is 8.89. The summed E-state index contributed by atoms with van der Waals surface area (Å²) >= 11 is 0. The van der Waals surface area contributed by atoms with Gasteiger partial charge in [0.15, 0.2) is 0 Å². The summed E-state index contributed by atoms with van der Waals surface area (Å²) in [5.74, 6) is -0.173. The summed E-state index contributed by atoms with van der Waals surface area (Å²) in [4.78, 5) is 13.1. The average Bonchev–Trinajstić information content (AvgIpc) is 2.91. The first-order valence-electron chi connectivity index (χ1n) is 12.1. The quantitative estimate of drug-likeness (QED) is 0.288. The van der Waals surface area contributed by atoms with Gasteiger partial charge in [-0.25, -0.2) is 0 Å². The molecule has 4 heteroatoms. The lowest BCUT2D eigenvalue weighted by Crippen LogP contribution is -2.35. The summed E-state index contributed by atoms with van der Waals surface area (Å²) in [7, 11) is 0. The maximum atomic E-state index is 13.1. The van der Waals surface area contributed by atoms with Crippen LogP contribution in [0.2, 0.25) is 0 Å². The molecule has 0 aromatic heterocycles. The molecule has 1 amide bonds. The Hall–Kier alpha value is -3.73. The minimum absolute atomic E-state index is 0.0334. The van der Waals surface area contributed by atoms with E-state index in [1.807, 2.05) is 60.7 Å². The predicted molar refractivity (Wildman–Crippen MR) is 143 cm³/mol. The number of carbonyl (C=O) groups is 1. The molecule has 4 nitrogen and oxygen atoms in total. The molecule has 4 rings (SSSR count). The van der Waals surface area contributed by atoms with Crippen LogP contribution in [0.1, 0.15) is 27.0 Å². The molecule has 0 radical (unpaired) electrons. The van der Waals surface area contributed by atoms with Gasteiger partial charge < -0.3 is 16.2 Å². The number of aliphatic hydroxyl groups is 1. The predicted octanol–water partition coefficient (Wildman–Crippen LogP) is 5.05. The number of rotatable bonds is 10. The summed E-state index contributed by atoms with van der Waals surface area (Å²) in [6.07, 6.45) is 5.43. The fourth-order valence-electron chi connectivity index (χ4n) is 4.28. The molecule has 0 fully saturated rings. The average molecular weight is 465 g/mol. The van der Waals surface area contributed by atoms with E-state index in [0.717, 1.165) is 17.5 Å². The third-order valence-corrected chi connectivity index (χ3v) is 6.20. The highest BCUT2D eigenvalue weighted by Crippen LogP contribution is 2.18. The van der Waals surface area contributed by atoms with E-state index < -0.39 is 0 Å². The van der Waals surface area contributed by atoms with Crippen molar-refractivity contribution >= 4 is 16.7 Å². The maximum Gasteiger partial charge on any atom is 0.251 e. The van der Waals surface area contributed by atoms with Gasteiger partial charge in [0.25, 0.3) is 5.91 Å². The molecule has 0 aliphatic heterocycles. The number of amides is 1. The van der Waals surface area contributed by atoms with E-state index in [-0.39, 0.29) is 24.5 Å². The van der Waals surface area contributed by atoms with Crippen molar-refractivity contribution in [3.63, 3.8) is 0 Å². The molecule has 4 aromatic rings. The van der Waals surface area contributed by atoms with E-state index in [4.69, 9.17) is 5.73 Å². The molecule has 0 heterocycles. The minimum Gasteiger partial charge on any atom is -0.396 e. The van der Waals surface area contributed by atoms with E-state index in [1.54, 1.807) is 6.07 Å². The molecule has 0 spiro atoms. The van der Waals surface area contributed by atoms with Gasteiger partial charge in [0.2, 0.25) is 0 Å². The molecule has 2 atom stereocenters. The van der Waals surface area contributed by atoms with E-state index in [0.29, 0.717) is 18.5 Å². The minimum atomic E-state index is -0.227.